The number of rotatable bonds is 4. The summed E-state index contributed by atoms with van der Waals surface area (Å²) in [6, 6.07) is 14.5. The molecule has 1 amide bonds. The fourth-order valence-electron chi connectivity index (χ4n) is 3.11. The van der Waals surface area contributed by atoms with E-state index in [4.69, 9.17) is 5.11 Å². The van der Waals surface area contributed by atoms with Crippen molar-refractivity contribution >= 4 is 6.09 Å². The van der Waals surface area contributed by atoms with Gasteiger partial charge >= 0.3 is 6.09 Å². The van der Waals surface area contributed by atoms with Crippen LogP contribution in [0, 0.1) is 5.82 Å². The summed E-state index contributed by atoms with van der Waals surface area (Å²) in [6.45, 7) is 0.805. The van der Waals surface area contributed by atoms with Gasteiger partial charge in [0.1, 0.15) is 5.82 Å². The number of amides is 1. The van der Waals surface area contributed by atoms with E-state index < -0.39 is 6.09 Å². The number of nitrogens with one attached hydrogen (secondary N) is 2. The van der Waals surface area contributed by atoms with Crippen LogP contribution in [0.2, 0.25) is 0 Å². The molecule has 0 aromatic heterocycles. The number of carbonyl (C=O) groups is 1. The molecule has 2 aromatic carbocycles. The molecule has 0 spiro atoms. The Hall–Kier alpha value is -2.40. The second-order valence-corrected chi connectivity index (χ2v) is 5.82. The van der Waals surface area contributed by atoms with Crippen LogP contribution >= 0.6 is 0 Å². The number of hydrogen-bond acceptors (Lipinski definition) is 2. The Bertz CT molecular complexity index is 705. The molecule has 0 bridgehead atoms. The molecule has 1 aliphatic heterocycles. The average Bonchev–Trinajstić information content (AvgIpc) is 2.94. The molecule has 5 heteroatoms. The van der Waals surface area contributed by atoms with Crippen LogP contribution in [-0.4, -0.2) is 29.8 Å². The van der Waals surface area contributed by atoms with Gasteiger partial charge in [-0.15, -0.1) is 0 Å². The molecule has 1 saturated heterocycles. The van der Waals surface area contributed by atoms with Crippen molar-refractivity contribution < 1.29 is 14.3 Å². The zero-order valence-corrected chi connectivity index (χ0v) is 12.6. The maximum atomic E-state index is 13.4. The molecule has 0 radical (unpaired) electrons. The van der Waals surface area contributed by atoms with Crippen molar-refractivity contribution in [2.75, 3.05) is 6.54 Å². The van der Waals surface area contributed by atoms with Crippen molar-refractivity contribution in [3.8, 4) is 11.1 Å². The number of hydrogen-bond donors (Lipinski definition) is 3. The van der Waals surface area contributed by atoms with Crippen molar-refractivity contribution in [1.29, 1.82) is 0 Å². The topological polar surface area (TPSA) is 61.4 Å². The Labute approximate surface area is 134 Å². The predicted molar refractivity (Wildman–Crippen MR) is 86.9 cm³/mol. The number of carboxylic acid groups (broad SMARTS) is 1. The highest BCUT2D eigenvalue weighted by atomic mass is 19.1. The zero-order chi connectivity index (χ0) is 16.2. The maximum Gasteiger partial charge on any atom is 0.404 e. The molecule has 120 valence electrons. The minimum absolute atomic E-state index is 0.0776. The van der Waals surface area contributed by atoms with Crippen LogP contribution in [0.25, 0.3) is 11.1 Å². The van der Waals surface area contributed by atoms with Gasteiger partial charge in [0.05, 0.1) is 0 Å². The first kappa shape index (κ1) is 15.5. The van der Waals surface area contributed by atoms with Crippen molar-refractivity contribution in [1.82, 2.24) is 10.6 Å². The monoisotopic (exact) mass is 314 g/mol. The summed E-state index contributed by atoms with van der Waals surface area (Å²) in [5, 5.41) is 14.8. The van der Waals surface area contributed by atoms with Gasteiger partial charge in [0, 0.05) is 12.1 Å². The molecule has 2 unspecified atom stereocenters. The van der Waals surface area contributed by atoms with Crippen LogP contribution in [0.1, 0.15) is 12.0 Å². The van der Waals surface area contributed by atoms with E-state index in [2.05, 4.69) is 10.6 Å². The number of benzene rings is 2. The molecule has 0 aliphatic carbocycles. The first-order valence-corrected chi connectivity index (χ1v) is 7.69. The predicted octanol–water partition coefficient (Wildman–Crippen LogP) is 3.03. The molecule has 3 rings (SSSR count). The Balaban J connectivity index is 1.76. The van der Waals surface area contributed by atoms with Crippen LogP contribution in [0.15, 0.2) is 48.5 Å². The van der Waals surface area contributed by atoms with Gasteiger partial charge in [-0.05, 0) is 48.2 Å². The lowest BCUT2D eigenvalue weighted by molar-refractivity contribution is 0.188. The van der Waals surface area contributed by atoms with E-state index in [0.717, 1.165) is 36.1 Å². The molecular formula is C18H19FN2O2. The van der Waals surface area contributed by atoms with Crippen LogP contribution in [0.3, 0.4) is 0 Å². The van der Waals surface area contributed by atoms with E-state index >= 15 is 0 Å². The fourth-order valence-corrected chi connectivity index (χ4v) is 3.11. The summed E-state index contributed by atoms with van der Waals surface area (Å²) in [5.74, 6) is -0.254. The highest BCUT2D eigenvalue weighted by Crippen LogP contribution is 2.23. The van der Waals surface area contributed by atoms with Gasteiger partial charge in [0.2, 0.25) is 0 Å². The highest BCUT2D eigenvalue weighted by Gasteiger charge is 2.28. The van der Waals surface area contributed by atoms with Gasteiger partial charge in [-0.3, -0.25) is 0 Å². The third kappa shape index (κ3) is 3.87. The largest absolute Gasteiger partial charge is 0.465 e. The molecule has 2 aromatic rings. The van der Waals surface area contributed by atoms with Crippen molar-refractivity contribution in [2.24, 2.45) is 0 Å². The first-order valence-electron chi connectivity index (χ1n) is 7.69. The standard InChI is InChI=1S/C18H19FN2O2/c19-15-6-2-5-14(11-15)13-4-1-3-12(9-13)10-17-16(7-8-20-17)21-18(22)23/h1-6,9,11,16-17,20-21H,7-8,10H2,(H,22,23). The van der Waals surface area contributed by atoms with E-state index in [0.29, 0.717) is 0 Å². The van der Waals surface area contributed by atoms with Gasteiger partial charge < -0.3 is 15.7 Å². The van der Waals surface area contributed by atoms with Crippen LogP contribution in [0.4, 0.5) is 9.18 Å². The molecular weight excluding hydrogens is 295 g/mol. The third-order valence-corrected chi connectivity index (χ3v) is 4.20. The third-order valence-electron chi connectivity index (χ3n) is 4.20. The number of halogens is 1. The quantitative estimate of drug-likeness (QED) is 0.813. The second-order valence-electron chi connectivity index (χ2n) is 5.82. The summed E-state index contributed by atoms with van der Waals surface area (Å²) >= 11 is 0. The summed E-state index contributed by atoms with van der Waals surface area (Å²) in [6.07, 6.45) is 0.534. The lowest BCUT2D eigenvalue weighted by atomic mass is 9.97. The minimum Gasteiger partial charge on any atom is -0.465 e. The van der Waals surface area contributed by atoms with Crippen LogP contribution in [-0.2, 0) is 6.42 Å². The molecule has 2 atom stereocenters. The molecule has 0 saturated carbocycles. The van der Waals surface area contributed by atoms with Gasteiger partial charge in [-0.1, -0.05) is 36.4 Å². The van der Waals surface area contributed by atoms with Crippen molar-refractivity contribution in [3.05, 3.63) is 59.9 Å². The summed E-state index contributed by atoms with van der Waals surface area (Å²) in [7, 11) is 0. The lowest BCUT2D eigenvalue weighted by Gasteiger charge is -2.19. The smallest absolute Gasteiger partial charge is 0.404 e. The van der Waals surface area contributed by atoms with E-state index in [9.17, 15) is 9.18 Å². The van der Waals surface area contributed by atoms with Crippen molar-refractivity contribution in [3.63, 3.8) is 0 Å². The maximum absolute atomic E-state index is 13.4. The highest BCUT2D eigenvalue weighted by molar-refractivity contribution is 5.65. The van der Waals surface area contributed by atoms with E-state index in [1.54, 1.807) is 6.07 Å². The van der Waals surface area contributed by atoms with E-state index in [1.165, 1.54) is 12.1 Å². The Morgan fingerprint density at radius 2 is 1.96 bits per heavy atom. The van der Waals surface area contributed by atoms with Gasteiger partial charge in [-0.25, -0.2) is 9.18 Å². The average molecular weight is 314 g/mol. The molecule has 1 aliphatic rings. The Kier molecular flexibility index (Phi) is 4.57. The summed E-state index contributed by atoms with van der Waals surface area (Å²) < 4.78 is 13.4. The fraction of sp³-hybridized carbons (Fsp3) is 0.278. The molecule has 23 heavy (non-hydrogen) atoms. The summed E-state index contributed by atoms with van der Waals surface area (Å²) in [5.41, 5.74) is 2.90. The van der Waals surface area contributed by atoms with Crippen molar-refractivity contribution in [2.45, 2.75) is 24.9 Å². The molecule has 1 heterocycles. The van der Waals surface area contributed by atoms with E-state index in [1.807, 2.05) is 30.3 Å². The molecule has 1 fully saturated rings. The lowest BCUT2D eigenvalue weighted by Crippen LogP contribution is -2.44. The normalized spacial score (nSPS) is 20.4. The molecule has 4 nitrogen and oxygen atoms in total. The van der Waals surface area contributed by atoms with Crippen LogP contribution in [0.5, 0.6) is 0 Å². The second kappa shape index (κ2) is 6.79. The van der Waals surface area contributed by atoms with Gasteiger partial charge in [-0.2, -0.15) is 0 Å². The van der Waals surface area contributed by atoms with Gasteiger partial charge in [0.15, 0.2) is 0 Å². The Morgan fingerprint density at radius 1 is 1.22 bits per heavy atom. The Morgan fingerprint density at radius 3 is 2.70 bits per heavy atom. The SMILES string of the molecule is O=C(O)NC1CCNC1Cc1cccc(-c2cccc(F)c2)c1. The van der Waals surface area contributed by atoms with Gasteiger partial charge in [0.25, 0.3) is 0 Å². The first-order chi connectivity index (χ1) is 11.1. The molecule has 3 N–H and O–H groups in total. The zero-order valence-electron chi connectivity index (χ0n) is 12.6. The summed E-state index contributed by atoms with van der Waals surface area (Å²) in [4.78, 5) is 10.8. The van der Waals surface area contributed by atoms with Crippen LogP contribution < -0.4 is 10.6 Å². The minimum atomic E-state index is -0.989. The van der Waals surface area contributed by atoms with E-state index in [-0.39, 0.29) is 17.9 Å².